The summed E-state index contributed by atoms with van der Waals surface area (Å²) in [5.74, 6) is 1.63. The fourth-order valence-electron chi connectivity index (χ4n) is 5.07. The third-order valence-electron chi connectivity index (χ3n) is 6.81. The van der Waals surface area contributed by atoms with Gasteiger partial charge in [0, 0.05) is 49.0 Å². The molecule has 4 rings (SSSR count). The molecule has 2 aromatic rings. The van der Waals surface area contributed by atoms with Gasteiger partial charge >= 0.3 is 0 Å². The lowest BCUT2D eigenvalue weighted by atomic mass is 9.90. The molecule has 0 unspecified atom stereocenters. The number of aryl methyl sites for hydroxylation is 1. The van der Waals surface area contributed by atoms with E-state index in [2.05, 4.69) is 18.3 Å². The van der Waals surface area contributed by atoms with Crippen LogP contribution in [0, 0.1) is 0 Å². The molecule has 174 valence electrons. The Labute approximate surface area is 191 Å². The molecule has 32 heavy (non-hydrogen) atoms. The zero-order chi connectivity index (χ0) is 22.5. The van der Waals surface area contributed by atoms with Crippen LogP contribution in [0.1, 0.15) is 66.3 Å². The molecule has 1 amide bonds. The molecule has 2 heterocycles. The number of likely N-dealkylation sites (tertiary alicyclic amines) is 1. The van der Waals surface area contributed by atoms with Gasteiger partial charge in [0.2, 0.25) is 0 Å². The number of methoxy groups -OCH3 is 2. The van der Waals surface area contributed by atoms with Crippen molar-refractivity contribution in [3.63, 3.8) is 0 Å². The van der Waals surface area contributed by atoms with E-state index in [1.807, 2.05) is 21.7 Å². The van der Waals surface area contributed by atoms with E-state index in [9.17, 15) is 4.79 Å². The SMILES string of the molecule is CCn1nc(C(=O)N2CCCCCC2)c2c1CC[C@@H](NCc1cccc(OC)c1OC)C2. The minimum absolute atomic E-state index is 0.116. The lowest BCUT2D eigenvalue weighted by Crippen LogP contribution is -2.36. The first-order chi connectivity index (χ1) is 15.7. The predicted octanol–water partition coefficient (Wildman–Crippen LogP) is 3.58. The Morgan fingerprint density at radius 1 is 1.16 bits per heavy atom. The number of ether oxygens (including phenoxy) is 2. The molecule has 7 heteroatoms. The van der Waals surface area contributed by atoms with Crippen LogP contribution in [0.4, 0.5) is 0 Å². The summed E-state index contributed by atoms with van der Waals surface area (Å²) in [5.41, 5.74) is 4.13. The van der Waals surface area contributed by atoms with Crippen LogP contribution in [-0.4, -0.2) is 53.9 Å². The molecule has 1 aliphatic carbocycles. The van der Waals surface area contributed by atoms with Crippen LogP contribution in [0.25, 0.3) is 0 Å². The van der Waals surface area contributed by atoms with Crippen molar-refractivity contribution < 1.29 is 14.3 Å². The van der Waals surface area contributed by atoms with Crippen molar-refractivity contribution in [2.75, 3.05) is 27.3 Å². The van der Waals surface area contributed by atoms with Gasteiger partial charge in [0.1, 0.15) is 0 Å². The minimum atomic E-state index is 0.116. The molecule has 0 saturated carbocycles. The van der Waals surface area contributed by atoms with Crippen molar-refractivity contribution in [2.24, 2.45) is 0 Å². The zero-order valence-corrected chi connectivity index (χ0v) is 19.7. The average molecular weight is 441 g/mol. The number of aromatic nitrogens is 2. The van der Waals surface area contributed by atoms with Crippen LogP contribution in [-0.2, 0) is 25.9 Å². The van der Waals surface area contributed by atoms with Gasteiger partial charge in [0.05, 0.1) is 14.2 Å². The molecule has 0 radical (unpaired) electrons. The Morgan fingerprint density at radius 3 is 2.62 bits per heavy atom. The summed E-state index contributed by atoms with van der Waals surface area (Å²) in [5, 5.41) is 8.47. The van der Waals surface area contributed by atoms with Crippen LogP contribution >= 0.6 is 0 Å². The smallest absolute Gasteiger partial charge is 0.274 e. The third-order valence-corrected chi connectivity index (χ3v) is 6.81. The lowest BCUT2D eigenvalue weighted by molar-refractivity contribution is 0.0753. The number of carbonyl (C=O) groups is 1. The number of nitrogens with zero attached hydrogens (tertiary/aromatic N) is 3. The van der Waals surface area contributed by atoms with Crippen LogP contribution in [0.5, 0.6) is 11.5 Å². The maximum Gasteiger partial charge on any atom is 0.274 e. The van der Waals surface area contributed by atoms with Gasteiger partial charge in [0.15, 0.2) is 17.2 Å². The molecule has 1 N–H and O–H groups in total. The van der Waals surface area contributed by atoms with Crippen LogP contribution in [0.3, 0.4) is 0 Å². The number of fused-ring (bicyclic) bond motifs is 1. The van der Waals surface area contributed by atoms with Gasteiger partial charge in [-0.3, -0.25) is 9.48 Å². The Bertz CT molecular complexity index is 932. The number of hydrogen-bond donors (Lipinski definition) is 1. The molecule has 1 aromatic carbocycles. The first kappa shape index (κ1) is 22.6. The number of carbonyl (C=O) groups excluding carboxylic acids is 1. The standard InChI is InChI=1S/C25H36N4O3/c1-4-29-21-13-12-19(26-17-18-10-9-11-22(31-2)24(18)32-3)16-20(21)23(27-29)25(30)28-14-7-5-6-8-15-28/h9-11,19,26H,4-8,12-17H2,1-3H3/t19-/m1/s1. The number of rotatable bonds is 7. The van der Waals surface area contributed by atoms with Gasteiger partial charge in [-0.15, -0.1) is 0 Å². The predicted molar refractivity (Wildman–Crippen MR) is 124 cm³/mol. The monoisotopic (exact) mass is 440 g/mol. The quantitative estimate of drug-likeness (QED) is 0.713. The van der Waals surface area contributed by atoms with E-state index in [-0.39, 0.29) is 5.91 Å². The summed E-state index contributed by atoms with van der Waals surface area (Å²) in [7, 11) is 3.33. The maximum atomic E-state index is 13.4. The molecule has 1 atom stereocenters. The molecule has 0 bridgehead atoms. The highest BCUT2D eigenvalue weighted by molar-refractivity contribution is 5.94. The third kappa shape index (κ3) is 4.63. The number of nitrogens with one attached hydrogen (secondary N) is 1. The van der Waals surface area contributed by atoms with Crippen molar-refractivity contribution in [3.8, 4) is 11.5 Å². The van der Waals surface area contributed by atoms with E-state index in [1.54, 1.807) is 14.2 Å². The summed E-state index contributed by atoms with van der Waals surface area (Å²) >= 11 is 0. The number of amides is 1. The Morgan fingerprint density at radius 2 is 1.94 bits per heavy atom. The van der Waals surface area contributed by atoms with Gasteiger partial charge in [-0.05, 0) is 45.1 Å². The fourth-order valence-corrected chi connectivity index (χ4v) is 5.07. The van der Waals surface area contributed by atoms with Crippen LogP contribution < -0.4 is 14.8 Å². The number of hydrogen-bond acceptors (Lipinski definition) is 5. The summed E-state index contributed by atoms with van der Waals surface area (Å²) in [4.78, 5) is 15.4. The number of para-hydroxylation sites is 1. The Balaban J connectivity index is 1.50. The van der Waals surface area contributed by atoms with Crippen LogP contribution in [0.2, 0.25) is 0 Å². The van der Waals surface area contributed by atoms with E-state index < -0.39 is 0 Å². The highest BCUT2D eigenvalue weighted by atomic mass is 16.5. The lowest BCUT2D eigenvalue weighted by Gasteiger charge is -2.26. The maximum absolute atomic E-state index is 13.4. The van der Waals surface area contributed by atoms with Crippen molar-refractivity contribution in [1.29, 1.82) is 0 Å². The van der Waals surface area contributed by atoms with Crippen LogP contribution in [0.15, 0.2) is 18.2 Å². The second kappa shape index (κ2) is 10.4. The molecule has 1 fully saturated rings. The largest absolute Gasteiger partial charge is 0.493 e. The van der Waals surface area contributed by atoms with Crippen molar-refractivity contribution >= 4 is 5.91 Å². The molecule has 1 aromatic heterocycles. The second-order valence-corrected chi connectivity index (χ2v) is 8.77. The van der Waals surface area contributed by atoms with Gasteiger partial charge in [-0.2, -0.15) is 5.10 Å². The molecule has 7 nitrogen and oxygen atoms in total. The molecule has 1 saturated heterocycles. The van der Waals surface area contributed by atoms with Gasteiger partial charge < -0.3 is 19.7 Å². The van der Waals surface area contributed by atoms with Crippen molar-refractivity contribution in [2.45, 2.75) is 71.0 Å². The topological polar surface area (TPSA) is 68.6 Å². The second-order valence-electron chi connectivity index (χ2n) is 8.77. The van der Waals surface area contributed by atoms with Crippen molar-refractivity contribution in [1.82, 2.24) is 20.0 Å². The normalized spacial score (nSPS) is 18.7. The summed E-state index contributed by atoms with van der Waals surface area (Å²) in [6, 6.07) is 6.25. The fraction of sp³-hybridized carbons (Fsp3) is 0.600. The zero-order valence-electron chi connectivity index (χ0n) is 19.7. The molecule has 1 aliphatic heterocycles. The summed E-state index contributed by atoms with van der Waals surface area (Å²) in [6.45, 7) is 5.30. The first-order valence-corrected chi connectivity index (χ1v) is 12.0. The minimum Gasteiger partial charge on any atom is -0.493 e. The van der Waals surface area contributed by atoms with Crippen molar-refractivity contribution in [3.05, 3.63) is 40.7 Å². The first-order valence-electron chi connectivity index (χ1n) is 12.0. The summed E-state index contributed by atoms with van der Waals surface area (Å²) < 4.78 is 13.1. The Hall–Kier alpha value is -2.54. The van der Waals surface area contributed by atoms with E-state index in [4.69, 9.17) is 14.6 Å². The molecular formula is C25H36N4O3. The highest BCUT2D eigenvalue weighted by Crippen LogP contribution is 2.31. The average Bonchev–Trinajstić information content (AvgIpc) is 2.98. The highest BCUT2D eigenvalue weighted by Gasteiger charge is 2.31. The van der Waals surface area contributed by atoms with E-state index in [0.717, 1.165) is 74.4 Å². The van der Waals surface area contributed by atoms with E-state index in [0.29, 0.717) is 18.3 Å². The molecular weight excluding hydrogens is 404 g/mol. The van der Waals surface area contributed by atoms with Gasteiger partial charge in [0.25, 0.3) is 5.91 Å². The van der Waals surface area contributed by atoms with E-state index >= 15 is 0 Å². The molecule has 0 spiro atoms. The molecule has 2 aliphatic rings. The number of benzene rings is 1. The van der Waals surface area contributed by atoms with Gasteiger partial charge in [-0.25, -0.2) is 0 Å². The van der Waals surface area contributed by atoms with Gasteiger partial charge in [-0.1, -0.05) is 25.0 Å². The summed E-state index contributed by atoms with van der Waals surface area (Å²) in [6.07, 6.45) is 7.41. The Kier molecular flexibility index (Phi) is 7.35. The van der Waals surface area contributed by atoms with E-state index in [1.165, 1.54) is 18.5 Å².